The molecule has 0 saturated carbocycles. The van der Waals surface area contributed by atoms with Gasteiger partial charge < -0.3 is 4.74 Å². The molecule has 0 saturated heterocycles. The molecule has 16 heavy (non-hydrogen) atoms. The van der Waals surface area contributed by atoms with Gasteiger partial charge in [-0.15, -0.1) is 0 Å². The number of ether oxygens (including phenoxy) is 1. The molecule has 1 aromatic rings. The highest BCUT2D eigenvalue weighted by Crippen LogP contribution is 2.20. The summed E-state index contributed by atoms with van der Waals surface area (Å²) in [5.74, 6) is -0.989. The molecule has 86 valence electrons. The third kappa shape index (κ3) is 3.13. The molecule has 0 bridgehead atoms. The average Bonchev–Trinajstić information content (AvgIpc) is 2.23. The van der Waals surface area contributed by atoms with Gasteiger partial charge in [-0.3, -0.25) is 9.59 Å². The molecule has 0 spiro atoms. The number of halogens is 2. The van der Waals surface area contributed by atoms with E-state index in [1.165, 1.54) is 6.07 Å². The molecule has 0 amide bonds. The number of hydrogen-bond acceptors (Lipinski definition) is 3. The summed E-state index contributed by atoms with van der Waals surface area (Å²) < 4.78 is 18.1. The van der Waals surface area contributed by atoms with E-state index in [0.717, 1.165) is 6.07 Å². The van der Waals surface area contributed by atoms with Crippen LogP contribution in [0.5, 0.6) is 0 Å². The number of hydrogen-bond donors (Lipinski definition) is 0. The standard InChI is InChI=1S/C11H10BrFO3/c1-2-16-11(15)5-7-4-10(13)9(12)3-8(7)6-14/h3-4,6H,2,5H2,1H3. The molecule has 0 radical (unpaired) electrons. The van der Waals surface area contributed by atoms with Crippen molar-refractivity contribution in [3.8, 4) is 0 Å². The van der Waals surface area contributed by atoms with Crippen LogP contribution in [0.25, 0.3) is 0 Å². The Bertz CT molecular complexity index is 418. The van der Waals surface area contributed by atoms with Crippen molar-refractivity contribution in [2.24, 2.45) is 0 Å². The first-order chi connectivity index (χ1) is 7.58. The SMILES string of the molecule is CCOC(=O)Cc1cc(F)c(Br)cc1C=O. The molecule has 0 heterocycles. The molecule has 0 fully saturated rings. The summed E-state index contributed by atoms with van der Waals surface area (Å²) in [6.07, 6.45) is 0.477. The topological polar surface area (TPSA) is 43.4 Å². The predicted molar refractivity (Wildman–Crippen MR) is 59.8 cm³/mol. The Hall–Kier alpha value is -1.23. The lowest BCUT2D eigenvalue weighted by Gasteiger charge is -2.06. The van der Waals surface area contributed by atoms with Crippen LogP contribution >= 0.6 is 15.9 Å². The van der Waals surface area contributed by atoms with E-state index in [2.05, 4.69) is 15.9 Å². The van der Waals surface area contributed by atoms with Crippen LogP contribution in [0.15, 0.2) is 16.6 Å². The van der Waals surface area contributed by atoms with Gasteiger partial charge in [0.05, 0.1) is 17.5 Å². The van der Waals surface area contributed by atoms with Crippen molar-refractivity contribution in [3.63, 3.8) is 0 Å². The van der Waals surface area contributed by atoms with Crippen LogP contribution in [0.2, 0.25) is 0 Å². The van der Waals surface area contributed by atoms with Crippen molar-refractivity contribution in [2.75, 3.05) is 6.61 Å². The lowest BCUT2D eigenvalue weighted by atomic mass is 10.1. The number of rotatable bonds is 4. The number of carbonyl (C=O) groups is 2. The Morgan fingerprint density at radius 1 is 1.56 bits per heavy atom. The second kappa shape index (κ2) is 5.75. The molecule has 0 aliphatic heterocycles. The van der Waals surface area contributed by atoms with Gasteiger partial charge in [0.1, 0.15) is 12.1 Å². The van der Waals surface area contributed by atoms with Gasteiger partial charge in [0.2, 0.25) is 0 Å². The summed E-state index contributed by atoms with van der Waals surface area (Å²) in [5.41, 5.74) is 0.607. The van der Waals surface area contributed by atoms with Crippen molar-refractivity contribution in [2.45, 2.75) is 13.3 Å². The van der Waals surface area contributed by atoms with Gasteiger partial charge >= 0.3 is 5.97 Å². The summed E-state index contributed by atoms with van der Waals surface area (Å²) in [6.45, 7) is 1.94. The molecule has 1 rings (SSSR count). The molecule has 5 heteroatoms. The molecule has 3 nitrogen and oxygen atoms in total. The molecular formula is C11H10BrFO3. The van der Waals surface area contributed by atoms with E-state index in [9.17, 15) is 14.0 Å². The fourth-order valence-corrected chi connectivity index (χ4v) is 1.59. The predicted octanol–water partition coefficient (Wildman–Crippen LogP) is 2.51. The lowest BCUT2D eigenvalue weighted by molar-refractivity contribution is -0.142. The minimum Gasteiger partial charge on any atom is -0.466 e. The van der Waals surface area contributed by atoms with Crippen molar-refractivity contribution >= 4 is 28.2 Å². The summed E-state index contributed by atoms with van der Waals surface area (Å²) >= 11 is 2.97. The third-order valence-corrected chi connectivity index (χ3v) is 2.56. The molecule has 0 atom stereocenters. The minimum absolute atomic E-state index is 0.105. The van der Waals surface area contributed by atoms with E-state index in [-0.39, 0.29) is 23.1 Å². The van der Waals surface area contributed by atoms with Crippen molar-refractivity contribution in [1.82, 2.24) is 0 Å². The summed E-state index contributed by atoms with van der Waals surface area (Å²) in [5, 5.41) is 0. The summed E-state index contributed by atoms with van der Waals surface area (Å²) in [6, 6.07) is 2.50. The number of esters is 1. The molecule has 0 N–H and O–H groups in total. The van der Waals surface area contributed by atoms with E-state index in [1.54, 1.807) is 6.92 Å². The fourth-order valence-electron chi connectivity index (χ4n) is 1.23. The first-order valence-electron chi connectivity index (χ1n) is 4.67. The maximum absolute atomic E-state index is 13.2. The Morgan fingerprint density at radius 3 is 2.81 bits per heavy atom. The maximum Gasteiger partial charge on any atom is 0.310 e. The summed E-state index contributed by atoms with van der Waals surface area (Å²) in [4.78, 5) is 21.9. The van der Waals surface area contributed by atoms with Crippen LogP contribution in [0.4, 0.5) is 4.39 Å². The van der Waals surface area contributed by atoms with Crippen LogP contribution < -0.4 is 0 Å². The Balaban J connectivity index is 2.98. The minimum atomic E-state index is -0.509. The van der Waals surface area contributed by atoms with Crippen LogP contribution in [0.1, 0.15) is 22.8 Å². The molecule has 0 unspecified atom stereocenters. The Kier molecular flexibility index (Phi) is 4.61. The lowest BCUT2D eigenvalue weighted by Crippen LogP contribution is -2.09. The zero-order chi connectivity index (χ0) is 12.1. The third-order valence-electron chi connectivity index (χ3n) is 1.95. The van der Waals surface area contributed by atoms with Crippen molar-refractivity contribution in [3.05, 3.63) is 33.5 Å². The van der Waals surface area contributed by atoms with E-state index < -0.39 is 11.8 Å². The van der Waals surface area contributed by atoms with Crippen molar-refractivity contribution in [1.29, 1.82) is 0 Å². The van der Waals surface area contributed by atoms with Gasteiger partial charge in [0, 0.05) is 5.56 Å². The Morgan fingerprint density at radius 2 is 2.25 bits per heavy atom. The van der Waals surface area contributed by atoms with Gasteiger partial charge in [-0.05, 0) is 40.5 Å². The van der Waals surface area contributed by atoms with Crippen LogP contribution in [0.3, 0.4) is 0 Å². The normalized spacial score (nSPS) is 9.94. The van der Waals surface area contributed by atoms with Gasteiger partial charge in [-0.25, -0.2) is 4.39 Å². The maximum atomic E-state index is 13.2. The number of carbonyl (C=O) groups excluding carboxylic acids is 2. The highest BCUT2D eigenvalue weighted by atomic mass is 79.9. The van der Waals surface area contributed by atoms with E-state index >= 15 is 0 Å². The number of aldehydes is 1. The molecule has 0 aliphatic carbocycles. The average molecular weight is 289 g/mol. The van der Waals surface area contributed by atoms with Gasteiger partial charge in [0.25, 0.3) is 0 Å². The van der Waals surface area contributed by atoms with E-state index in [1.807, 2.05) is 0 Å². The van der Waals surface area contributed by atoms with E-state index in [0.29, 0.717) is 11.8 Å². The molecular weight excluding hydrogens is 279 g/mol. The van der Waals surface area contributed by atoms with Crippen LogP contribution in [0, 0.1) is 5.82 Å². The Labute approximate surface area is 101 Å². The zero-order valence-electron chi connectivity index (χ0n) is 8.63. The first-order valence-corrected chi connectivity index (χ1v) is 5.46. The van der Waals surface area contributed by atoms with Crippen molar-refractivity contribution < 1.29 is 18.7 Å². The monoisotopic (exact) mass is 288 g/mol. The first kappa shape index (κ1) is 12.8. The zero-order valence-corrected chi connectivity index (χ0v) is 10.2. The smallest absolute Gasteiger partial charge is 0.310 e. The largest absolute Gasteiger partial charge is 0.466 e. The number of benzene rings is 1. The summed E-state index contributed by atoms with van der Waals surface area (Å²) in [7, 11) is 0. The molecule has 0 aromatic heterocycles. The van der Waals surface area contributed by atoms with E-state index in [4.69, 9.17) is 4.74 Å². The van der Waals surface area contributed by atoms with Gasteiger partial charge in [-0.1, -0.05) is 0 Å². The van der Waals surface area contributed by atoms with Crippen LogP contribution in [-0.4, -0.2) is 18.9 Å². The second-order valence-corrected chi connectivity index (χ2v) is 3.92. The second-order valence-electron chi connectivity index (χ2n) is 3.06. The molecule has 1 aromatic carbocycles. The van der Waals surface area contributed by atoms with Crippen LogP contribution in [-0.2, 0) is 16.0 Å². The van der Waals surface area contributed by atoms with Gasteiger partial charge in [0.15, 0.2) is 0 Å². The highest BCUT2D eigenvalue weighted by Gasteiger charge is 2.12. The highest BCUT2D eigenvalue weighted by molar-refractivity contribution is 9.10. The van der Waals surface area contributed by atoms with Gasteiger partial charge in [-0.2, -0.15) is 0 Å². The fraction of sp³-hybridized carbons (Fsp3) is 0.273. The molecule has 0 aliphatic rings. The quantitative estimate of drug-likeness (QED) is 0.632.